The molecule has 0 bridgehead atoms. The number of carbonyl (C=O) groups excluding carboxylic acids is 1. The van der Waals surface area contributed by atoms with Gasteiger partial charge in [0.15, 0.2) is 12.6 Å². The number of guanidine groups is 1. The summed E-state index contributed by atoms with van der Waals surface area (Å²) in [5.41, 5.74) is 1.06. The Bertz CT molecular complexity index is 617. The van der Waals surface area contributed by atoms with Gasteiger partial charge in [0.25, 0.3) is 5.91 Å². The van der Waals surface area contributed by atoms with Crippen molar-refractivity contribution in [2.75, 3.05) is 47.0 Å². The lowest BCUT2D eigenvalue weighted by atomic mass is 10.2. The maximum atomic E-state index is 11.5. The second-order valence-corrected chi connectivity index (χ2v) is 6.73. The van der Waals surface area contributed by atoms with Crippen LogP contribution in [0.1, 0.15) is 25.3 Å². The highest BCUT2D eigenvalue weighted by Crippen LogP contribution is 2.28. The molecular formula is C20H32N4O3. The zero-order valence-electron chi connectivity index (χ0n) is 16.7. The van der Waals surface area contributed by atoms with Gasteiger partial charge >= 0.3 is 0 Å². The fourth-order valence-corrected chi connectivity index (χ4v) is 2.55. The Morgan fingerprint density at radius 1 is 1.33 bits per heavy atom. The molecule has 1 fully saturated rings. The molecule has 0 spiro atoms. The van der Waals surface area contributed by atoms with E-state index >= 15 is 0 Å². The second-order valence-electron chi connectivity index (χ2n) is 6.73. The third kappa shape index (κ3) is 8.30. The Balaban J connectivity index is 1.74. The van der Waals surface area contributed by atoms with Crippen LogP contribution < -0.4 is 15.4 Å². The molecule has 1 aromatic rings. The second kappa shape index (κ2) is 11.4. The quantitative estimate of drug-likeness (QED) is 0.349. The van der Waals surface area contributed by atoms with Gasteiger partial charge < -0.3 is 25.0 Å². The molecule has 1 aromatic carbocycles. The number of likely N-dealkylation sites (N-methyl/N-ethyl adjacent to an activating group) is 2. The zero-order valence-corrected chi connectivity index (χ0v) is 16.7. The average Bonchev–Trinajstić information content (AvgIpc) is 3.49. The summed E-state index contributed by atoms with van der Waals surface area (Å²) >= 11 is 0. The molecule has 0 heterocycles. The molecule has 0 saturated heterocycles. The average molecular weight is 377 g/mol. The van der Waals surface area contributed by atoms with Gasteiger partial charge in [0.1, 0.15) is 5.75 Å². The van der Waals surface area contributed by atoms with Crippen LogP contribution in [0.2, 0.25) is 0 Å². The smallest absolute Gasteiger partial charge is 0.257 e. The Morgan fingerprint density at radius 2 is 2.15 bits per heavy atom. The van der Waals surface area contributed by atoms with Crippen LogP contribution in [-0.4, -0.2) is 63.8 Å². The number of carbonyl (C=O) groups is 1. The van der Waals surface area contributed by atoms with Crippen LogP contribution >= 0.6 is 0 Å². The van der Waals surface area contributed by atoms with Crippen molar-refractivity contribution in [2.24, 2.45) is 10.9 Å². The monoisotopic (exact) mass is 376 g/mol. The molecule has 0 aliphatic heterocycles. The van der Waals surface area contributed by atoms with E-state index < -0.39 is 0 Å². The summed E-state index contributed by atoms with van der Waals surface area (Å²) in [7, 11) is 3.78. The van der Waals surface area contributed by atoms with Crippen LogP contribution in [0.4, 0.5) is 0 Å². The summed E-state index contributed by atoms with van der Waals surface area (Å²) in [6, 6.07) is 7.71. The first-order chi connectivity index (χ1) is 13.1. The molecule has 0 unspecified atom stereocenters. The predicted octanol–water partition coefficient (Wildman–Crippen LogP) is 1.64. The molecule has 2 rings (SSSR count). The maximum Gasteiger partial charge on any atom is 0.257 e. The molecule has 0 atom stereocenters. The lowest BCUT2D eigenvalue weighted by Gasteiger charge is -2.22. The highest BCUT2D eigenvalue weighted by Gasteiger charge is 2.21. The lowest BCUT2D eigenvalue weighted by molar-refractivity contribution is -0.122. The van der Waals surface area contributed by atoms with Crippen molar-refractivity contribution in [1.29, 1.82) is 0 Å². The lowest BCUT2D eigenvalue weighted by Crippen LogP contribution is -2.40. The first-order valence-corrected chi connectivity index (χ1v) is 9.60. The van der Waals surface area contributed by atoms with E-state index in [1.165, 1.54) is 12.8 Å². The fraction of sp³-hybridized carbons (Fsp3) is 0.600. The van der Waals surface area contributed by atoms with Gasteiger partial charge in [-0.3, -0.25) is 9.79 Å². The van der Waals surface area contributed by atoms with Crippen LogP contribution in [0.15, 0.2) is 29.3 Å². The highest BCUT2D eigenvalue weighted by molar-refractivity contribution is 5.79. The molecule has 7 nitrogen and oxygen atoms in total. The Hall–Kier alpha value is -2.28. The van der Waals surface area contributed by atoms with Crippen LogP contribution in [0.3, 0.4) is 0 Å². The minimum atomic E-state index is -0.119. The number of nitrogens with zero attached hydrogens (tertiary/aromatic N) is 2. The number of rotatable bonds is 11. The number of ether oxygens (including phenoxy) is 2. The van der Waals surface area contributed by atoms with Crippen molar-refractivity contribution in [2.45, 2.75) is 26.3 Å². The number of amides is 1. The SMILES string of the molecule is CCNC(=O)COc1cccc(CNC(=NC)N(C)CCOCC2CC2)c1. The number of hydrogen-bond donors (Lipinski definition) is 2. The molecule has 1 saturated carbocycles. The molecule has 0 aromatic heterocycles. The van der Waals surface area contributed by atoms with Crippen molar-refractivity contribution < 1.29 is 14.3 Å². The molecule has 1 aliphatic carbocycles. The summed E-state index contributed by atoms with van der Waals surface area (Å²) in [5, 5.41) is 6.06. The molecule has 150 valence electrons. The first kappa shape index (κ1) is 21.0. The fourth-order valence-electron chi connectivity index (χ4n) is 2.55. The van der Waals surface area contributed by atoms with Crippen molar-refractivity contribution in [3.05, 3.63) is 29.8 Å². The Kier molecular flexibility index (Phi) is 8.91. The van der Waals surface area contributed by atoms with Crippen molar-refractivity contribution in [3.63, 3.8) is 0 Å². The Morgan fingerprint density at radius 3 is 2.85 bits per heavy atom. The number of benzene rings is 1. The summed E-state index contributed by atoms with van der Waals surface area (Å²) in [4.78, 5) is 17.9. The van der Waals surface area contributed by atoms with Gasteiger partial charge in [-0.2, -0.15) is 0 Å². The van der Waals surface area contributed by atoms with Gasteiger partial charge in [-0.15, -0.1) is 0 Å². The van der Waals surface area contributed by atoms with Gasteiger partial charge in [-0.1, -0.05) is 12.1 Å². The van der Waals surface area contributed by atoms with Crippen LogP contribution in [-0.2, 0) is 16.1 Å². The summed E-state index contributed by atoms with van der Waals surface area (Å²) in [6.07, 6.45) is 2.62. The zero-order chi connectivity index (χ0) is 19.5. The highest BCUT2D eigenvalue weighted by atomic mass is 16.5. The van der Waals surface area contributed by atoms with Gasteiger partial charge in [0.2, 0.25) is 0 Å². The molecule has 1 aliphatic rings. The minimum Gasteiger partial charge on any atom is -0.484 e. The summed E-state index contributed by atoms with van der Waals surface area (Å²) in [5.74, 6) is 2.17. The molecular weight excluding hydrogens is 344 g/mol. The molecule has 7 heteroatoms. The van der Waals surface area contributed by atoms with Gasteiger partial charge in [0.05, 0.1) is 6.61 Å². The van der Waals surface area contributed by atoms with Crippen molar-refractivity contribution in [1.82, 2.24) is 15.5 Å². The molecule has 27 heavy (non-hydrogen) atoms. The maximum absolute atomic E-state index is 11.5. The van der Waals surface area contributed by atoms with E-state index in [9.17, 15) is 4.79 Å². The number of aliphatic imine (C=N–C) groups is 1. The number of hydrogen-bond acceptors (Lipinski definition) is 4. The van der Waals surface area contributed by atoms with E-state index in [2.05, 4.69) is 20.5 Å². The van der Waals surface area contributed by atoms with Gasteiger partial charge in [0, 0.05) is 40.3 Å². The van der Waals surface area contributed by atoms with Gasteiger partial charge in [-0.05, 0) is 43.4 Å². The largest absolute Gasteiger partial charge is 0.484 e. The van der Waals surface area contributed by atoms with E-state index in [0.717, 1.165) is 30.6 Å². The predicted molar refractivity (Wildman–Crippen MR) is 107 cm³/mol. The normalized spacial score (nSPS) is 14.0. The van der Waals surface area contributed by atoms with E-state index in [0.29, 0.717) is 25.4 Å². The third-order valence-corrected chi connectivity index (χ3v) is 4.29. The molecule has 1 amide bonds. The third-order valence-electron chi connectivity index (χ3n) is 4.29. The van der Waals surface area contributed by atoms with E-state index in [1.54, 1.807) is 7.05 Å². The topological polar surface area (TPSA) is 75.2 Å². The van der Waals surface area contributed by atoms with E-state index in [-0.39, 0.29) is 12.5 Å². The minimum absolute atomic E-state index is 0.0238. The van der Waals surface area contributed by atoms with E-state index in [4.69, 9.17) is 9.47 Å². The standard InChI is InChI=1S/C20H32N4O3/c1-4-22-19(25)15-27-18-7-5-6-17(12-18)13-23-20(21-2)24(3)10-11-26-14-16-8-9-16/h5-7,12,16H,4,8-11,13-15H2,1-3H3,(H,21,23)(H,22,25). The first-order valence-electron chi connectivity index (χ1n) is 9.60. The van der Waals surface area contributed by atoms with Gasteiger partial charge in [-0.25, -0.2) is 0 Å². The van der Waals surface area contributed by atoms with Crippen LogP contribution in [0, 0.1) is 5.92 Å². The number of nitrogens with one attached hydrogen (secondary N) is 2. The summed E-state index contributed by atoms with van der Waals surface area (Å²) in [6.45, 7) is 5.51. The Labute approximate surface area is 162 Å². The summed E-state index contributed by atoms with van der Waals surface area (Å²) < 4.78 is 11.2. The molecule has 2 N–H and O–H groups in total. The van der Waals surface area contributed by atoms with Crippen LogP contribution in [0.5, 0.6) is 5.75 Å². The van der Waals surface area contributed by atoms with Crippen molar-refractivity contribution in [3.8, 4) is 5.75 Å². The van der Waals surface area contributed by atoms with E-state index in [1.807, 2.05) is 38.2 Å². The van der Waals surface area contributed by atoms with Crippen molar-refractivity contribution >= 4 is 11.9 Å². The molecule has 0 radical (unpaired) electrons. The van der Waals surface area contributed by atoms with Crippen LogP contribution in [0.25, 0.3) is 0 Å².